The number of carbonyl (C=O) groups excluding carboxylic acids is 4. The third-order valence-electron chi connectivity index (χ3n) is 20.6. The molecule has 630 valence electrons. The Balaban J connectivity index is 5.21. The number of ether oxygens (including phenoxy) is 4. The second-order valence-corrected chi connectivity index (χ2v) is 34.2. The topological polar surface area (TPSA) is 237 Å². The molecule has 0 aliphatic heterocycles. The average Bonchev–Trinajstić information content (AvgIpc) is 0.911. The summed E-state index contributed by atoms with van der Waals surface area (Å²) < 4.78 is 68.9. The van der Waals surface area contributed by atoms with Crippen LogP contribution in [0.15, 0.2) is 0 Å². The van der Waals surface area contributed by atoms with Gasteiger partial charge in [-0.2, -0.15) is 0 Å². The van der Waals surface area contributed by atoms with Crippen LogP contribution in [0.2, 0.25) is 0 Å². The molecule has 0 heterocycles. The molecule has 0 rings (SSSR count). The van der Waals surface area contributed by atoms with Gasteiger partial charge < -0.3 is 33.8 Å². The first kappa shape index (κ1) is 104. The molecule has 19 heteroatoms. The molecule has 0 aromatic heterocycles. The van der Waals surface area contributed by atoms with Crippen LogP contribution >= 0.6 is 15.6 Å². The van der Waals surface area contributed by atoms with Crippen LogP contribution in [0.1, 0.15) is 477 Å². The van der Waals surface area contributed by atoms with Gasteiger partial charge in [0.25, 0.3) is 0 Å². The van der Waals surface area contributed by atoms with Gasteiger partial charge in [-0.05, 0) is 25.7 Å². The van der Waals surface area contributed by atoms with E-state index in [1.54, 1.807) is 0 Å². The van der Waals surface area contributed by atoms with Gasteiger partial charge in [0.05, 0.1) is 26.4 Å². The van der Waals surface area contributed by atoms with Gasteiger partial charge in [0.1, 0.15) is 19.3 Å². The summed E-state index contributed by atoms with van der Waals surface area (Å²) in [5.74, 6) is -2.10. The molecule has 0 spiro atoms. The van der Waals surface area contributed by atoms with Crippen molar-refractivity contribution in [3.63, 3.8) is 0 Å². The number of esters is 4. The van der Waals surface area contributed by atoms with E-state index < -0.39 is 97.5 Å². The van der Waals surface area contributed by atoms with Gasteiger partial charge in [0.15, 0.2) is 12.2 Å². The SMILES string of the molecule is CCCCCCCCCCCCCCCCCCCCCCCCC(=O)O[C@H](COC(=O)CCCCCCCCCCCCCCCCCCC)COP(=O)(O)OC[C@@H](O)COP(=O)(O)OC[C@@H](COC(=O)CCCCCCCCCCCC)OC(=O)CCCCCCCCCCCCCCCCCCC. The summed E-state index contributed by atoms with van der Waals surface area (Å²) in [5, 5.41) is 10.7. The van der Waals surface area contributed by atoms with Crippen LogP contribution in [0.5, 0.6) is 0 Å². The van der Waals surface area contributed by atoms with Gasteiger partial charge in [0.2, 0.25) is 0 Å². The smallest absolute Gasteiger partial charge is 0.462 e. The molecule has 3 N–H and O–H groups in total. The van der Waals surface area contributed by atoms with E-state index in [4.69, 9.17) is 37.0 Å². The van der Waals surface area contributed by atoms with E-state index >= 15 is 0 Å². The van der Waals surface area contributed by atoms with Crippen LogP contribution in [0.25, 0.3) is 0 Å². The lowest BCUT2D eigenvalue weighted by Crippen LogP contribution is -2.30. The number of hydrogen-bond acceptors (Lipinski definition) is 15. The summed E-state index contributed by atoms with van der Waals surface area (Å²) in [6.45, 7) is 5.06. The number of aliphatic hydroxyl groups excluding tert-OH is 1. The number of unbranched alkanes of at least 4 members (excludes halogenated alkanes) is 62. The van der Waals surface area contributed by atoms with Crippen molar-refractivity contribution in [1.82, 2.24) is 0 Å². The van der Waals surface area contributed by atoms with E-state index in [-0.39, 0.29) is 25.7 Å². The summed E-state index contributed by atoms with van der Waals surface area (Å²) in [6.07, 6.45) is 76.4. The van der Waals surface area contributed by atoms with Crippen molar-refractivity contribution in [1.29, 1.82) is 0 Å². The molecule has 0 saturated heterocycles. The minimum Gasteiger partial charge on any atom is -0.462 e. The van der Waals surface area contributed by atoms with E-state index in [0.29, 0.717) is 25.7 Å². The summed E-state index contributed by atoms with van der Waals surface area (Å²) >= 11 is 0. The van der Waals surface area contributed by atoms with E-state index in [2.05, 4.69) is 27.7 Å². The van der Waals surface area contributed by atoms with Gasteiger partial charge >= 0.3 is 39.5 Å². The summed E-state index contributed by atoms with van der Waals surface area (Å²) in [5.41, 5.74) is 0. The Labute approximate surface area is 651 Å². The molecule has 0 aromatic rings. The second-order valence-electron chi connectivity index (χ2n) is 31.3. The van der Waals surface area contributed by atoms with Gasteiger partial charge in [-0.15, -0.1) is 0 Å². The molecule has 0 bridgehead atoms. The Morgan fingerprint density at radius 1 is 0.226 bits per heavy atom. The Kier molecular flexibility index (Phi) is 79.6. The van der Waals surface area contributed by atoms with Crippen molar-refractivity contribution < 1.29 is 80.2 Å². The lowest BCUT2D eigenvalue weighted by Gasteiger charge is -2.21. The standard InChI is InChI=1S/C87H170O17P2/c1-5-9-13-17-21-25-29-32-35-38-39-40-41-42-45-48-51-54-58-62-66-70-74-87(92)104-83(78-98-85(90)72-68-64-60-56-52-49-46-43-36-33-30-26-22-18-14-10-6-2)80-102-106(95,96)100-76-81(88)75-99-105(93,94)101-79-82(77-97-84(89)71-67-63-59-55-28-24-20-16-12-8-4)103-86(91)73-69-65-61-57-53-50-47-44-37-34-31-27-23-19-15-11-7-3/h81-83,88H,5-80H2,1-4H3,(H,93,94)(H,95,96)/t81-,82+,83+/m0/s1. The Morgan fingerprint density at radius 2 is 0.377 bits per heavy atom. The highest BCUT2D eigenvalue weighted by Crippen LogP contribution is 2.45. The molecule has 0 fully saturated rings. The molecule has 0 aromatic carbocycles. The minimum atomic E-state index is -4.97. The molecular formula is C87H170O17P2. The van der Waals surface area contributed by atoms with Gasteiger partial charge in [-0.3, -0.25) is 37.3 Å². The normalized spacial score (nSPS) is 13.7. The lowest BCUT2D eigenvalue weighted by atomic mass is 10.0. The van der Waals surface area contributed by atoms with Gasteiger partial charge in [-0.25, -0.2) is 9.13 Å². The molecule has 0 aliphatic carbocycles. The monoisotopic (exact) mass is 1550 g/mol. The zero-order valence-electron chi connectivity index (χ0n) is 69.4. The first-order valence-electron chi connectivity index (χ1n) is 45.3. The number of phosphoric ester groups is 2. The van der Waals surface area contributed by atoms with E-state index in [9.17, 15) is 43.2 Å². The van der Waals surface area contributed by atoms with Crippen molar-refractivity contribution in [3.8, 4) is 0 Å². The number of rotatable bonds is 88. The second kappa shape index (κ2) is 81.1. The van der Waals surface area contributed by atoms with Crippen molar-refractivity contribution in [3.05, 3.63) is 0 Å². The lowest BCUT2D eigenvalue weighted by molar-refractivity contribution is -0.161. The van der Waals surface area contributed by atoms with Crippen molar-refractivity contribution in [2.45, 2.75) is 495 Å². The van der Waals surface area contributed by atoms with E-state index in [0.717, 1.165) is 89.9 Å². The van der Waals surface area contributed by atoms with Crippen LogP contribution in [0.3, 0.4) is 0 Å². The quantitative estimate of drug-likeness (QED) is 0.0222. The third-order valence-corrected chi connectivity index (χ3v) is 22.5. The van der Waals surface area contributed by atoms with Crippen molar-refractivity contribution >= 4 is 39.5 Å². The number of hydrogen-bond donors (Lipinski definition) is 3. The van der Waals surface area contributed by atoms with Crippen LogP contribution in [0, 0.1) is 0 Å². The highest BCUT2D eigenvalue weighted by atomic mass is 31.2. The molecule has 0 aliphatic rings. The number of carbonyl (C=O) groups is 4. The number of phosphoric acid groups is 2. The van der Waals surface area contributed by atoms with Gasteiger partial charge in [-0.1, -0.05) is 426 Å². The molecule has 0 radical (unpaired) electrons. The summed E-state index contributed by atoms with van der Waals surface area (Å²) in [4.78, 5) is 73.2. The van der Waals surface area contributed by atoms with E-state index in [1.807, 2.05) is 0 Å². The first-order valence-corrected chi connectivity index (χ1v) is 48.3. The fourth-order valence-electron chi connectivity index (χ4n) is 13.7. The Morgan fingerprint density at radius 3 is 0.557 bits per heavy atom. The van der Waals surface area contributed by atoms with Crippen LogP contribution in [-0.4, -0.2) is 96.7 Å². The minimum absolute atomic E-state index is 0.109. The molecule has 0 saturated carbocycles. The van der Waals surface area contributed by atoms with Gasteiger partial charge in [0, 0.05) is 25.7 Å². The predicted octanol–water partition coefficient (Wildman–Crippen LogP) is 26.9. The third kappa shape index (κ3) is 80.1. The maximum Gasteiger partial charge on any atom is 0.472 e. The highest BCUT2D eigenvalue weighted by Gasteiger charge is 2.30. The van der Waals surface area contributed by atoms with Crippen LogP contribution in [-0.2, 0) is 65.4 Å². The molecule has 0 amide bonds. The maximum atomic E-state index is 13.2. The number of aliphatic hydroxyl groups is 1. The summed E-state index contributed by atoms with van der Waals surface area (Å²) in [7, 11) is -9.93. The zero-order valence-corrected chi connectivity index (χ0v) is 71.2. The van der Waals surface area contributed by atoms with Crippen LogP contribution in [0.4, 0.5) is 0 Å². The fourth-order valence-corrected chi connectivity index (χ4v) is 15.3. The predicted molar refractivity (Wildman–Crippen MR) is 437 cm³/mol. The van der Waals surface area contributed by atoms with Crippen LogP contribution < -0.4 is 0 Å². The fraction of sp³-hybridized carbons (Fsp3) is 0.954. The zero-order chi connectivity index (χ0) is 77.4. The van der Waals surface area contributed by atoms with Crippen molar-refractivity contribution in [2.75, 3.05) is 39.6 Å². The highest BCUT2D eigenvalue weighted by molar-refractivity contribution is 7.47. The largest absolute Gasteiger partial charge is 0.472 e. The molecule has 2 unspecified atom stereocenters. The summed E-state index contributed by atoms with van der Waals surface area (Å²) in [6, 6.07) is 0. The molecular weight excluding hydrogens is 1380 g/mol. The average molecular weight is 1550 g/mol. The maximum absolute atomic E-state index is 13.2. The Hall–Kier alpha value is -1.94. The van der Waals surface area contributed by atoms with E-state index in [1.165, 1.54) is 308 Å². The first-order chi connectivity index (χ1) is 51.7. The van der Waals surface area contributed by atoms with Crippen molar-refractivity contribution in [2.24, 2.45) is 0 Å². The molecule has 5 atom stereocenters. The molecule has 17 nitrogen and oxygen atoms in total. The molecule has 106 heavy (non-hydrogen) atoms. The Bertz CT molecular complexity index is 2000.